The lowest BCUT2D eigenvalue weighted by Crippen LogP contribution is -2.16. The monoisotopic (exact) mass is 339 g/mol. The first-order valence-electron chi connectivity index (χ1n) is 7.01. The minimum Gasteiger partial charge on any atom is -0.263 e. The predicted octanol–water partition coefficient (Wildman–Crippen LogP) is 2.25. The Balaban J connectivity index is 1.97. The Labute approximate surface area is 139 Å². The predicted molar refractivity (Wildman–Crippen MR) is 88.1 cm³/mol. The van der Waals surface area contributed by atoms with Crippen molar-refractivity contribution in [1.82, 2.24) is 14.8 Å². The van der Waals surface area contributed by atoms with E-state index < -0.39 is 10.0 Å². The third kappa shape index (κ3) is 3.11. The van der Waals surface area contributed by atoms with Crippen molar-refractivity contribution >= 4 is 15.8 Å². The molecule has 0 aliphatic rings. The van der Waals surface area contributed by atoms with Crippen LogP contribution in [-0.4, -0.2) is 23.2 Å². The smallest absolute Gasteiger partial charge is 0.263 e. The largest absolute Gasteiger partial charge is 0.264 e. The summed E-state index contributed by atoms with van der Waals surface area (Å²) in [5.41, 5.74) is 1.56. The van der Waals surface area contributed by atoms with E-state index in [-0.39, 0.29) is 10.6 Å². The first-order valence-corrected chi connectivity index (χ1v) is 8.49. The van der Waals surface area contributed by atoms with Gasteiger partial charge in [0, 0.05) is 12.3 Å². The zero-order valence-electron chi connectivity index (χ0n) is 12.7. The molecule has 0 saturated carbocycles. The number of para-hydroxylation sites is 1. The van der Waals surface area contributed by atoms with Crippen LogP contribution in [0.25, 0.3) is 5.69 Å². The molecule has 0 unspecified atom stereocenters. The number of hydrogen-bond donors (Lipinski definition) is 1. The minimum atomic E-state index is -3.84. The number of hydrogen-bond acceptors (Lipinski definition) is 5. The van der Waals surface area contributed by atoms with E-state index in [0.717, 1.165) is 11.9 Å². The van der Waals surface area contributed by atoms with Crippen molar-refractivity contribution in [1.29, 1.82) is 5.26 Å². The maximum Gasteiger partial charge on any atom is 0.264 e. The van der Waals surface area contributed by atoms with Gasteiger partial charge in [-0.1, -0.05) is 18.2 Å². The molecule has 1 aromatic carbocycles. The van der Waals surface area contributed by atoms with Crippen LogP contribution in [0.3, 0.4) is 0 Å². The number of pyridine rings is 1. The molecule has 1 N–H and O–H groups in total. The Bertz CT molecular complexity index is 1000. The third-order valence-electron chi connectivity index (χ3n) is 3.23. The molecule has 8 heteroatoms. The lowest BCUT2D eigenvalue weighted by molar-refractivity contribution is 0.600. The zero-order valence-corrected chi connectivity index (χ0v) is 13.5. The molecular weight excluding hydrogens is 326 g/mol. The molecule has 24 heavy (non-hydrogen) atoms. The third-order valence-corrected chi connectivity index (χ3v) is 4.57. The molecule has 0 atom stereocenters. The highest BCUT2D eigenvalue weighted by Gasteiger charge is 2.18. The summed E-state index contributed by atoms with van der Waals surface area (Å²) in [5, 5.41) is 13.1. The van der Waals surface area contributed by atoms with E-state index in [4.69, 9.17) is 5.26 Å². The van der Waals surface area contributed by atoms with E-state index in [9.17, 15) is 8.42 Å². The van der Waals surface area contributed by atoms with Gasteiger partial charge in [0.15, 0.2) is 0 Å². The first kappa shape index (κ1) is 15.7. The molecule has 0 radical (unpaired) electrons. The second kappa shape index (κ2) is 6.14. The van der Waals surface area contributed by atoms with E-state index in [1.165, 1.54) is 16.8 Å². The summed E-state index contributed by atoms with van der Waals surface area (Å²) in [6.45, 7) is 1.78. The molecule has 7 nitrogen and oxygen atoms in total. The minimum absolute atomic E-state index is 0.0278. The maximum atomic E-state index is 12.5. The van der Waals surface area contributed by atoms with Gasteiger partial charge >= 0.3 is 0 Å². The second-order valence-electron chi connectivity index (χ2n) is 5.01. The number of nitrogens with one attached hydrogen (secondary N) is 1. The summed E-state index contributed by atoms with van der Waals surface area (Å²) in [6.07, 6.45) is 1.15. The van der Waals surface area contributed by atoms with Crippen LogP contribution in [-0.2, 0) is 10.0 Å². The van der Waals surface area contributed by atoms with Gasteiger partial charge in [0.05, 0.1) is 11.4 Å². The summed E-state index contributed by atoms with van der Waals surface area (Å²) < 4.78 is 29.1. The van der Waals surface area contributed by atoms with E-state index in [1.54, 1.807) is 13.0 Å². The SMILES string of the molecule is Cc1cc(NS(=O)(=O)c2ccc(C#N)nc2)n(-c2ccccc2)n1. The second-order valence-corrected chi connectivity index (χ2v) is 6.70. The van der Waals surface area contributed by atoms with Crippen LogP contribution in [0.1, 0.15) is 11.4 Å². The highest BCUT2D eigenvalue weighted by atomic mass is 32.2. The number of anilines is 1. The average molecular weight is 339 g/mol. The number of aryl methyl sites for hydroxylation is 1. The Morgan fingerprint density at radius 1 is 1.17 bits per heavy atom. The topological polar surface area (TPSA) is 101 Å². The van der Waals surface area contributed by atoms with Gasteiger partial charge in [-0.25, -0.2) is 18.1 Å². The van der Waals surface area contributed by atoms with Gasteiger partial charge < -0.3 is 0 Å². The van der Waals surface area contributed by atoms with Crippen molar-refractivity contribution in [2.75, 3.05) is 4.72 Å². The fourth-order valence-electron chi connectivity index (χ4n) is 2.14. The Morgan fingerprint density at radius 3 is 2.54 bits per heavy atom. The van der Waals surface area contributed by atoms with Gasteiger partial charge in [0.1, 0.15) is 22.5 Å². The maximum absolute atomic E-state index is 12.5. The molecule has 0 spiro atoms. The number of sulfonamides is 1. The Hall–Kier alpha value is -3.18. The van der Waals surface area contributed by atoms with Gasteiger partial charge in [-0.15, -0.1) is 0 Å². The molecule has 2 heterocycles. The van der Waals surface area contributed by atoms with Gasteiger partial charge in [-0.3, -0.25) is 4.72 Å². The van der Waals surface area contributed by atoms with Crippen LogP contribution in [0.15, 0.2) is 59.6 Å². The van der Waals surface area contributed by atoms with E-state index in [2.05, 4.69) is 14.8 Å². The zero-order chi connectivity index (χ0) is 17.2. The van der Waals surface area contributed by atoms with E-state index in [0.29, 0.717) is 11.5 Å². The molecule has 0 aliphatic carbocycles. The average Bonchev–Trinajstić information content (AvgIpc) is 2.95. The molecular formula is C16H13N5O2S. The van der Waals surface area contributed by atoms with Crippen LogP contribution >= 0.6 is 0 Å². The van der Waals surface area contributed by atoms with Crippen molar-refractivity contribution in [3.63, 3.8) is 0 Å². The lowest BCUT2D eigenvalue weighted by Gasteiger charge is -2.10. The van der Waals surface area contributed by atoms with Crippen LogP contribution in [0.5, 0.6) is 0 Å². The molecule has 0 aliphatic heterocycles. The molecule has 2 aromatic heterocycles. The van der Waals surface area contributed by atoms with Crippen molar-refractivity contribution in [2.45, 2.75) is 11.8 Å². The number of benzene rings is 1. The van der Waals surface area contributed by atoms with Gasteiger partial charge in [-0.2, -0.15) is 10.4 Å². The van der Waals surface area contributed by atoms with Crippen LogP contribution < -0.4 is 4.72 Å². The van der Waals surface area contributed by atoms with Crippen molar-refractivity contribution in [3.05, 3.63) is 66.1 Å². The number of nitrogens with zero attached hydrogens (tertiary/aromatic N) is 4. The Kier molecular flexibility index (Phi) is 4.02. The number of rotatable bonds is 4. The highest BCUT2D eigenvalue weighted by Crippen LogP contribution is 2.20. The summed E-state index contributed by atoms with van der Waals surface area (Å²) >= 11 is 0. The summed E-state index contributed by atoms with van der Waals surface area (Å²) in [6, 6.07) is 15.4. The quantitative estimate of drug-likeness (QED) is 0.785. The molecule has 0 amide bonds. The van der Waals surface area contributed by atoms with Crippen molar-refractivity contribution in [3.8, 4) is 11.8 Å². The highest BCUT2D eigenvalue weighted by molar-refractivity contribution is 7.92. The molecule has 3 aromatic rings. The van der Waals surface area contributed by atoms with Gasteiger partial charge in [-0.05, 0) is 31.2 Å². The fraction of sp³-hybridized carbons (Fsp3) is 0.0625. The molecule has 0 saturated heterocycles. The van der Waals surface area contributed by atoms with Crippen LogP contribution in [0, 0.1) is 18.3 Å². The summed E-state index contributed by atoms with van der Waals surface area (Å²) in [7, 11) is -3.84. The van der Waals surface area contributed by atoms with Crippen molar-refractivity contribution < 1.29 is 8.42 Å². The van der Waals surface area contributed by atoms with Gasteiger partial charge in [0.2, 0.25) is 0 Å². The van der Waals surface area contributed by atoms with Crippen LogP contribution in [0.4, 0.5) is 5.82 Å². The first-order chi connectivity index (χ1) is 11.5. The van der Waals surface area contributed by atoms with E-state index >= 15 is 0 Å². The standard InChI is InChI=1S/C16H13N5O2S/c1-12-9-16(21(19-12)14-5-3-2-4-6-14)20-24(22,23)15-8-7-13(10-17)18-11-15/h2-9,11,20H,1H3. The number of nitriles is 1. The molecule has 120 valence electrons. The van der Waals surface area contributed by atoms with Crippen molar-refractivity contribution in [2.24, 2.45) is 0 Å². The fourth-order valence-corrected chi connectivity index (χ4v) is 3.12. The Morgan fingerprint density at radius 2 is 1.92 bits per heavy atom. The van der Waals surface area contributed by atoms with Gasteiger partial charge in [0.25, 0.3) is 10.0 Å². The van der Waals surface area contributed by atoms with E-state index in [1.807, 2.05) is 36.4 Å². The lowest BCUT2D eigenvalue weighted by atomic mass is 10.3. The molecule has 0 bridgehead atoms. The molecule has 0 fully saturated rings. The molecule has 3 rings (SSSR count). The van der Waals surface area contributed by atoms with Crippen LogP contribution in [0.2, 0.25) is 0 Å². The number of aromatic nitrogens is 3. The summed E-state index contributed by atoms with van der Waals surface area (Å²) in [4.78, 5) is 3.76. The summed E-state index contributed by atoms with van der Waals surface area (Å²) in [5.74, 6) is 0.322. The normalized spacial score (nSPS) is 11.0.